The first-order valence-corrected chi connectivity index (χ1v) is 14.0. The molecule has 3 aromatic rings. The number of anilines is 1. The minimum Gasteiger partial charge on any atom is -0.381 e. The standard InChI is InChI=1S/C26H25ClF3N3O4S/c1-13-7-15-9-17(12-18(13)26(15,35)25-31-5-6-33(25)2)38(36,37)22-8-14(3-4-19(22)27)24(34)32-16-10-20(28)23(30)21(29)11-16/h3-6,8,10-11,13,15,17-18,35H,7,9,12H2,1-2H3,(H,32,34)/t13-,15?,17+,18?,26+/m0/s1. The number of carbonyl (C=O) groups excluding carboxylic acids is 1. The van der Waals surface area contributed by atoms with E-state index in [9.17, 15) is 31.5 Å². The quantitative estimate of drug-likeness (QED) is 0.430. The Morgan fingerprint density at radius 1 is 1.16 bits per heavy atom. The van der Waals surface area contributed by atoms with E-state index in [4.69, 9.17) is 11.6 Å². The van der Waals surface area contributed by atoms with Gasteiger partial charge in [-0.2, -0.15) is 0 Å². The first-order chi connectivity index (χ1) is 17.8. The van der Waals surface area contributed by atoms with Crippen molar-refractivity contribution in [2.75, 3.05) is 5.32 Å². The molecule has 1 amide bonds. The molecule has 2 fully saturated rings. The van der Waals surface area contributed by atoms with Crippen LogP contribution in [0.15, 0.2) is 47.6 Å². The Labute approximate surface area is 222 Å². The number of aliphatic hydroxyl groups is 1. The van der Waals surface area contributed by atoms with Crippen LogP contribution in [0, 0.1) is 35.2 Å². The molecule has 2 unspecified atom stereocenters. The highest BCUT2D eigenvalue weighted by Gasteiger charge is 2.61. The molecule has 0 saturated heterocycles. The molecule has 0 spiro atoms. The summed E-state index contributed by atoms with van der Waals surface area (Å²) in [6.07, 6.45) is 4.36. The van der Waals surface area contributed by atoms with E-state index in [-0.39, 0.29) is 51.8 Å². The highest BCUT2D eigenvalue weighted by molar-refractivity contribution is 7.92. The predicted molar refractivity (Wildman–Crippen MR) is 134 cm³/mol. The Kier molecular flexibility index (Phi) is 6.60. The van der Waals surface area contributed by atoms with Gasteiger partial charge in [0.05, 0.1) is 15.2 Å². The number of hydrogen-bond donors (Lipinski definition) is 2. The molecule has 2 N–H and O–H groups in total. The Morgan fingerprint density at radius 2 is 1.84 bits per heavy atom. The molecule has 2 bridgehead atoms. The van der Waals surface area contributed by atoms with Crippen molar-refractivity contribution in [2.24, 2.45) is 24.8 Å². The SMILES string of the molecule is C[C@H]1CC2C[C@@H](S(=O)(=O)c3cc(C(=O)Nc4cc(F)c(F)c(F)c4)ccc3Cl)CC1[C@@]2(O)c1nccn1C. The maximum Gasteiger partial charge on any atom is 0.255 e. The highest BCUT2D eigenvalue weighted by atomic mass is 35.5. The molecular formula is C26H25ClF3N3O4S. The van der Waals surface area contributed by atoms with Crippen molar-refractivity contribution in [3.05, 3.63) is 76.6 Å². The fraction of sp³-hybridized carbons (Fsp3) is 0.385. The molecule has 38 heavy (non-hydrogen) atoms. The van der Waals surface area contributed by atoms with Crippen LogP contribution in [-0.2, 0) is 22.5 Å². The minimum absolute atomic E-state index is 0.0611. The first-order valence-electron chi connectivity index (χ1n) is 12.0. The molecule has 2 aliphatic carbocycles. The van der Waals surface area contributed by atoms with Crippen LogP contribution in [0.4, 0.5) is 18.9 Å². The van der Waals surface area contributed by atoms with Crippen molar-refractivity contribution in [3.63, 3.8) is 0 Å². The molecule has 5 rings (SSSR count). The van der Waals surface area contributed by atoms with Crippen LogP contribution >= 0.6 is 11.6 Å². The summed E-state index contributed by atoms with van der Waals surface area (Å²) in [5.41, 5.74) is -1.71. The molecule has 0 radical (unpaired) electrons. The van der Waals surface area contributed by atoms with Gasteiger partial charge in [0.1, 0.15) is 11.4 Å². The van der Waals surface area contributed by atoms with Crippen LogP contribution < -0.4 is 5.32 Å². The van der Waals surface area contributed by atoms with Crippen LogP contribution in [0.3, 0.4) is 0 Å². The highest BCUT2D eigenvalue weighted by Crippen LogP contribution is 2.58. The van der Waals surface area contributed by atoms with Crippen molar-refractivity contribution >= 4 is 33.0 Å². The van der Waals surface area contributed by atoms with E-state index in [1.165, 1.54) is 12.1 Å². The van der Waals surface area contributed by atoms with Gasteiger partial charge < -0.3 is 15.0 Å². The molecule has 1 heterocycles. The zero-order chi connectivity index (χ0) is 27.6. The molecule has 12 heteroatoms. The van der Waals surface area contributed by atoms with E-state index >= 15 is 0 Å². The smallest absolute Gasteiger partial charge is 0.255 e. The third kappa shape index (κ3) is 4.20. The van der Waals surface area contributed by atoms with Crippen LogP contribution in [0.2, 0.25) is 5.02 Å². The van der Waals surface area contributed by atoms with Gasteiger partial charge >= 0.3 is 0 Å². The summed E-state index contributed by atoms with van der Waals surface area (Å²) in [7, 11) is -2.25. The topological polar surface area (TPSA) is 101 Å². The Bertz CT molecular complexity index is 1520. The number of hydrogen-bond acceptors (Lipinski definition) is 5. The lowest BCUT2D eigenvalue weighted by atomic mass is 9.72. The number of rotatable bonds is 5. The van der Waals surface area contributed by atoms with Gasteiger partial charge in [-0.3, -0.25) is 4.79 Å². The summed E-state index contributed by atoms with van der Waals surface area (Å²) in [4.78, 5) is 16.9. The average molecular weight is 568 g/mol. The van der Waals surface area contributed by atoms with E-state index in [1.807, 2.05) is 6.92 Å². The Balaban J connectivity index is 1.43. The van der Waals surface area contributed by atoms with Crippen molar-refractivity contribution in [2.45, 2.75) is 41.9 Å². The monoisotopic (exact) mass is 567 g/mol. The first kappa shape index (κ1) is 26.7. The number of imidazole rings is 1. The molecule has 0 aliphatic heterocycles. The average Bonchev–Trinajstić information content (AvgIpc) is 3.31. The summed E-state index contributed by atoms with van der Waals surface area (Å²) in [5, 5.41) is 13.1. The number of sulfone groups is 1. The molecule has 2 saturated carbocycles. The normalized spacial score (nSPS) is 26.9. The van der Waals surface area contributed by atoms with Gasteiger partial charge in [0.25, 0.3) is 5.91 Å². The second-order valence-corrected chi connectivity index (χ2v) is 12.8. The van der Waals surface area contributed by atoms with E-state index in [0.29, 0.717) is 24.4 Å². The summed E-state index contributed by atoms with van der Waals surface area (Å²) >= 11 is 6.28. The van der Waals surface area contributed by atoms with Crippen molar-refractivity contribution in [1.82, 2.24) is 9.55 Å². The van der Waals surface area contributed by atoms with Gasteiger partial charge in [0, 0.05) is 42.8 Å². The molecule has 5 atom stereocenters. The van der Waals surface area contributed by atoms with E-state index < -0.39 is 44.0 Å². The number of amides is 1. The lowest BCUT2D eigenvalue weighted by Crippen LogP contribution is -2.48. The summed E-state index contributed by atoms with van der Waals surface area (Å²) < 4.78 is 69.7. The van der Waals surface area contributed by atoms with Gasteiger partial charge in [-0.05, 0) is 55.2 Å². The van der Waals surface area contributed by atoms with Crippen molar-refractivity contribution < 1.29 is 31.5 Å². The van der Waals surface area contributed by atoms with Gasteiger partial charge in [0.15, 0.2) is 27.3 Å². The second-order valence-electron chi connectivity index (χ2n) is 10.2. The largest absolute Gasteiger partial charge is 0.381 e. The van der Waals surface area contributed by atoms with Gasteiger partial charge in [-0.25, -0.2) is 26.6 Å². The Hall–Kier alpha value is -2.89. The van der Waals surface area contributed by atoms with Crippen LogP contribution in [0.25, 0.3) is 0 Å². The minimum atomic E-state index is -4.04. The predicted octanol–water partition coefficient (Wildman–Crippen LogP) is 4.84. The summed E-state index contributed by atoms with van der Waals surface area (Å²) in [5.74, 6) is -5.61. The maximum atomic E-state index is 13.8. The molecule has 202 valence electrons. The molecule has 2 aromatic carbocycles. The number of aromatic nitrogens is 2. The van der Waals surface area contributed by atoms with E-state index in [0.717, 1.165) is 6.07 Å². The maximum absolute atomic E-state index is 13.8. The van der Waals surface area contributed by atoms with Gasteiger partial charge in [-0.15, -0.1) is 0 Å². The summed E-state index contributed by atoms with van der Waals surface area (Å²) in [6, 6.07) is 4.89. The van der Waals surface area contributed by atoms with Crippen LogP contribution in [-0.4, -0.2) is 34.2 Å². The molecular weight excluding hydrogens is 543 g/mol. The van der Waals surface area contributed by atoms with E-state index in [1.54, 1.807) is 24.0 Å². The summed E-state index contributed by atoms with van der Waals surface area (Å²) in [6.45, 7) is 1.99. The third-order valence-electron chi connectivity index (χ3n) is 7.95. The fourth-order valence-corrected chi connectivity index (χ4v) is 8.52. The van der Waals surface area contributed by atoms with Gasteiger partial charge in [0.2, 0.25) is 0 Å². The number of aryl methyl sites for hydroxylation is 1. The lowest BCUT2D eigenvalue weighted by molar-refractivity contribution is -0.0788. The molecule has 7 nitrogen and oxygen atoms in total. The molecule has 2 aliphatic rings. The third-order valence-corrected chi connectivity index (χ3v) is 10.6. The number of nitrogens with zero attached hydrogens (tertiary/aromatic N) is 2. The number of nitrogens with one attached hydrogen (secondary N) is 1. The van der Waals surface area contributed by atoms with Crippen LogP contribution in [0.5, 0.6) is 0 Å². The Morgan fingerprint density at radius 3 is 2.45 bits per heavy atom. The number of benzene rings is 2. The molecule has 1 aromatic heterocycles. The number of fused-ring (bicyclic) bond motifs is 2. The van der Waals surface area contributed by atoms with Crippen LogP contribution in [0.1, 0.15) is 42.4 Å². The number of halogens is 4. The lowest BCUT2D eigenvalue weighted by Gasteiger charge is -2.42. The fourth-order valence-electron chi connectivity index (χ4n) is 6.14. The van der Waals surface area contributed by atoms with E-state index in [2.05, 4.69) is 10.3 Å². The second kappa shape index (κ2) is 9.39. The number of carbonyl (C=O) groups is 1. The van der Waals surface area contributed by atoms with Gasteiger partial charge in [-0.1, -0.05) is 18.5 Å². The zero-order valence-electron chi connectivity index (χ0n) is 20.5. The van der Waals surface area contributed by atoms with Crippen molar-refractivity contribution in [3.8, 4) is 0 Å². The zero-order valence-corrected chi connectivity index (χ0v) is 22.0. The van der Waals surface area contributed by atoms with Crippen molar-refractivity contribution in [1.29, 1.82) is 0 Å².